The molecule has 0 bridgehead atoms. The van der Waals surface area contributed by atoms with E-state index in [4.69, 9.17) is 9.31 Å². The van der Waals surface area contributed by atoms with E-state index in [1.807, 2.05) is 58.9 Å². The highest BCUT2D eigenvalue weighted by Gasteiger charge is 2.52. The standard InChI is InChI=1S/C21H26BN3O3/c1-13-6-9-16(11-17(13)22-27-20(2,3)21(4,5)28-22)24-19(26)18-10-15(12-23-25-18)14-7-8-14/h6,9-12,14H,7-8H2,1-5H3,(H,24,26). The lowest BCUT2D eigenvalue weighted by atomic mass is 9.76. The number of nitrogens with one attached hydrogen (secondary N) is 1. The lowest BCUT2D eigenvalue weighted by Gasteiger charge is -2.32. The summed E-state index contributed by atoms with van der Waals surface area (Å²) in [5, 5.41) is 10.9. The first-order valence-corrected chi connectivity index (χ1v) is 9.76. The average molecular weight is 379 g/mol. The first-order chi connectivity index (χ1) is 13.2. The van der Waals surface area contributed by atoms with Crippen molar-refractivity contribution in [2.24, 2.45) is 0 Å². The molecule has 146 valence electrons. The van der Waals surface area contributed by atoms with Gasteiger partial charge in [0.15, 0.2) is 5.69 Å². The van der Waals surface area contributed by atoms with E-state index in [0.29, 0.717) is 17.3 Å². The van der Waals surface area contributed by atoms with Gasteiger partial charge >= 0.3 is 7.12 Å². The van der Waals surface area contributed by atoms with Gasteiger partial charge in [0.2, 0.25) is 0 Å². The fourth-order valence-corrected chi connectivity index (χ4v) is 3.27. The molecule has 1 aromatic heterocycles. The van der Waals surface area contributed by atoms with E-state index in [0.717, 1.165) is 29.4 Å². The zero-order valence-corrected chi connectivity index (χ0v) is 17.1. The second kappa shape index (κ2) is 6.67. The second-order valence-electron chi connectivity index (χ2n) is 8.76. The van der Waals surface area contributed by atoms with Crippen molar-refractivity contribution in [3.8, 4) is 0 Å². The van der Waals surface area contributed by atoms with E-state index in [9.17, 15) is 4.79 Å². The fourth-order valence-electron chi connectivity index (χ4n) is 3.27. The van der Waals surface area contributed by atoms with Gasteiger partial charge in [-0.3, -0.25) is 4.79 Å². The predicted molar refractivity (Wildman–Crippen MR) is 109 cm³/mol. The normalized spacial score (nSPS) is 20.2. The van der Waals surface area contributed by atoms with Gasteiger partial charge < -0.3 is 14.6 Å². The maximum Gasteiger partial charge on any atom is 0.495 e. The smallest absolute Gasteiger partial charge is 0.399 e. The summed E-state index contributed by atoms with van der Waals surface area (Å²) in [7, 11) is -0.472. The molecule has 6 nitrogen and oxygen atoms in total. The number of carbonyl (C=O) groups excluding carboxylic acids is 1. The van der Waals surface area contributed by atoms with Crippen molar-refractivity contribution >= 4 is 24.2 Å². The van der Waals surface area contributed by atoms with Gasteiger partial charge in [0, 0.05) is 5.69 Å². The van der Waals surface area contributed by atoms with E-state index >= 15 is 0 Å². The van der Waals surface area contributed by atoms with E-state index < -0.39 is 18.3 Å². The largest absolute Gasteiger partial charge is 0.495 e. The van der Waals surface area contributed by atoms with Gasteiger partial charge in [-0.2, -0.15) is 5.10 Å². The highest BCUT2D eigenvalue weighted by atomic mass is 16.7. The molecule has 1 saturated heterocycles. The Hall–Kier alpha value is -2.25. The van der Waals surface area contributed by atoms with Crippen molar-refractivity contribution < 1.29 is 14.1 Å². The third-order valence-corrected chi connectivity index (χ3v) is 6.00. The van der Waals surface area contributed by atoms with E-state index in [2.05, 4.69) is 15.5 Å². The van der Waals surface area contributed by atoms with Gasteiger partial charge in [-0.15, -0.1) is 5.10 Å². The van der Waals surface area contributed by atoms with Crippen LogP contribution in [-0.2, 0) is 9.31 Å². The Labute approximate surface area is 166 Å². The molecule has 1 aliphatic heterocycles. The first kappa shape index (κ1) is 19.1. The maximum atomic E-state index is 12.7. The van der Waals surface area contributed by atoms with Gasteiger partial charge in [0.25, 0.3) is 5.91 Å². The van der Waals surface area contributed by atoms with Crippen LogP contribution in [0.15, 0.2) is 30.5 Å². The number of nitrogens with zero attached hydrogens (tertiary/aromatic N) is 2. The van der Waals surface area contributed by atoms with E-state index in [1.165, 1.54) is 0 Å². The van der Waals surface area contributed by atoms with Crippen molar-refractivity contribution in [2.45, 2.75) is 64.6 Å². The van der Waals surface area contributed by atoms with Gasteiger partial charge in [-0.1, -0.05) is 11.6 Å². The first-order valence-electron chi connectivity index (χ1n) is 9.76. The molecule has 28 heavy (non-hydrogen) atoms. The van der Waals surface area contributed by atoms with Crippen LogP contribution < -0.4 is 10.8 Å². The molecule has 1 aliphatic carbocycles. The van der Waals surface area contributed by atoms with E-state index in [1.54, 1.807) is 6.20 Å². The molecule has 4 rings (SSSR count). The van der Waals surface area contributed by atoms with Crippen molar-refractivity contribution in [1.29, 1.82) is 0 Å². The number of hydrogen-bond acceptors (Lipinski definition) is 5. The summed E-state index contributed by atoms with van der Waals surface area (Å²) < 4.78 is 12.3. The molecule has 1 amide bonds. The number of aryl methyl sites for hydroxylation is 1. The van der Waals surface area contributed by atoms with Gasteiger partial charge in [-0.25, -0.2) is 0 Å². The molecule has 1 N–H and O–H groups in total. The molecule has 2 aromatic rings. The monoisotopic (exact) mass is 379 g/mol. The highest BCUT2D eigenvalue weighted by molar-refractivity contribution is 6.62. The molecule has 2 fully saturated rings. The van der Waals surface area contributed by atoms with Crippen molar-refractivity contribution in [3.63, 3.8) is 0 Å². The molecular weight excluding hydrogens is 353 g/mol. The second-order valence-corrected chi connectivity index (χ2v) is 8.76. The van der Waals surface area contributed by atoms with Crippen LogP contribution in [0.2, 0.25) is 0 Å². The third-order valence-electron chi connectivity index (χ3n) is 6.00. The molecule has 1 aromatic carbocycles. The Morgan fingerprint density at radius 2 is 1.82 bits per heavy atom. The fraction of sp³-hybridized carbons (Fsp3) is 0.476. The Kier molecular flexibility index (Phi) is 4.55. The Balaban J connectivity index is 1.54. The summed E-state index contributed by atoms with van der Waals surface area (Å²) >= 11 is 0. The number of hydrogen-bond donors (Lipinski definition) is 1. The number of benzene rings is 1. The van der Waals surface area contributed by atoms with Gasteiger partial charge in [-0.05, 0) is 82.6 Å². The van der Waals surface area contributed by atoms with Crippen LogP contribution in [0, 0.1) is 6.92 Å². The Morgan fingerprint density at radius 3 is 2.46 bits per heavy atom. The lowest BCUT2D eigenvalue weighted by molar-refractivity contribution is 0.00578. The minimum atomic E-state index is -0.472. The Morgan fingerprint density at radius 1 is 1.14 bits per heavy atom. The van der Waals surface area contributed by atoms with Crippen LogP contribution in [0.25, 0.3) is 0 Å². The summed E-state index contributed by atoms with van der Waals surface area (Å²) in [5.74, 6) is 0.259. The lowest BCUT2D eigenvalue weighted by Crippen LogP contribution is -2.41. The van der Waals surface area contributed by atoms with Crippen LogP contribution in [-0.4, -0.2) is 34.4 Å². The number of aromatic nitrogens is 2. The zero-order valence-electron chi connectivity index (χ0n) is 17.1. The minimum absolute atomic E-state index is 0.265. The Bertz CT molecular complexity index is 909. The molecule has 7 heteroatoms. The summed E-state index contributed by atoms with van der Waals surface area (Å²) in [6.07, 6.45) is 4.06. The maximum absolute atomic E-state index is 12.7. The molecule has 2 heterocycles. The SMILES string of the molecule is Cc1ccc(NC(=O)c2cc(C3CC3)cnn2)cc1B1OC(C)(C)C(C)(C)O1. The quantitative estimate of drug-likeness (QED) is 0.826. The molecule has 2 aliphatic rings. The van der Waals surface area contributed by atoms with Crippen LogP contribution in [0.1, 0.15) is 68.1 Å². The number of carbonyl (C=O) groups is 1. The van der Waals surface area contributed by atoms with Crippen LogP contribution >= 0.6 is 0 Å². The number of anilines is 1. The third kappa shape index (κ3) is 3.56. The summed E-state index contributed by atoms with van der Waals surface area (Å²) in [4.78, 5) is 12.7. The van der Waals surface area contributed by atoms with Crippen molar-refractivity contribution in [2.75, 3.05) is 5.32 Å². The van der Waals surface area contributed by atoms with Crippen molar-refractivity contribution in [1.82, 2.24) is 10.2 Å². The molecule has 0 unspecified atom stereocenters. The minimum Gasteiger partial charge on any atom is -0.399 e. The van der Waals surface area contributed by atoms with Gasteiger partial charge in [0.1, 0.15) is 0 Å². The predicted octanol–water partition coefficient (Wildman–Crippen LogP) is 3.21. The number of rotatable bonds is 4. The number of amides is 1. The molecule has 0 radical (unpaired) electrons. The van der Waals surface area contributed by atoms with Gasteiger partial charge in [0.05, 0.1) is 17.4 Å². The van der Waals surface area contributed by atoms with Crippen LogP contribution in [0.5, 0.6) is 0 Å². The van der Waals surface area contributed by atoms with Crippen molar-refractivity contribution in [3.05, 3.63) is 47.3 Å². The van der Waals surface area contributed by atoms with Crippen LogP contribution in [0.4, 0.5) is 5.69 Å². The average Bonchev–Trinajstić information content (AvgIpc) is 3.44. The molecule has 0 spiro atoms. The summed E-state index contributed by atoms with van der Waals surface area (Å²) in [6.45, 7) is 10.1. The zero-order chi connectivity index (χ0) is 20.1. The van der Waals surface area contributed by atoms with E-state index in [-0.39, 0.29) is 5.91 Å². The molecule has 1 saturated carbocycles. The molecular formula is C21H26BN3O3. The van der Waals surface area contributed by atoms with Crippen LogP contribution in [0.3, 0.4) is 0 Å². The highest BCUT2D eigenvalue weighted by Crippen LogP contribution is 2.39. The molecule has 0 atom stereocenters. The summed E-state index contributed by atoms with van der Waals surface area (Å²) in [5.41, 5.74) is 3.23. The topological polar surface area (TPSA) is 73.3 Å². The summed E-state index contributed by atoms with van der Waals surface area (Å²) in [6, 6.07) is 7.58.